The van der Waals surface area contributed by atoms with Gasteiger partial charge in [-0.25, -0.2) is 0 Å². The third-order valence-electron chi connectivity index (χ3n) is 4.99. The predicted octanol–water partition coefficient (Wildman–Crippen LogP) is 1.44. The largest absolute Gasteiger partial charge is 0.507 e. The average Bonchev–Trinajstić information content (AvgIpc) is 3.01. The summed E-state index contributed by atoms with van der Waals surface area (Å²) in [4.78, 5) is 32.5. The van der Waals surface area contributed by atoms with Crippen molar-refractivity contribution in [3.05, 3.63) is 65.5 Å². The first-order valence-electron chi connectivity index (χ1n) is 10.1. The summed E-state index contributed by atoms with van der Waals surface area (Å²) in [5.74, 6) is -0.871. The molecule has 1 aliphatic rings. The van der Waals surface area contributed by atoms with Crippen LogP contribution in [0.2, 0.25) is 0 Å². The van der Waals surface area contributed by atoms with Crippen molar-refractivity contribution in [1.82, 2.24) is 9.88 Å². The zero-order valence-electron chi connectivity index (χ0n) is 17.6. The average molecular weight is 410 g/mol. The molecule has 1 saturated heterocycles. The number of aliphatic hydroxyl groups is 1. The number of hydrogen-bond acceptors (Lipinski definition) is 5. The molecule has 0 spiro atoms. The highest BCUT2D eigenvalue weighted by Crippen LogP contribution is 2.39. The van der Waals surface area contributed by atoms with Gasteiger partial charge in [0.2, 0.25) is 0 Å². The lowest BCUT2D eigenvalue weighted by Crippen LogP contribution is -3.06. The van der Waals surface area contributed by atoms with Crippen molar-refractivity contribution in [2.24, 2.45) is 0 Å². The van der Waals surface area contributed by atoms with Crippen LogP contribution in [-0.4, -0.2) is 60.5 Å². The van der Waals surface area contributed by atoms with E-state index in [1.807, 2.05) is 21.0 Å². The molecule has 158 valence electrons. The van der Waals surface area contributed by atoms with Crippen LogP contribution >= 0.6 is 0 Å². The maximum atomic E-state index is 13.0. The normalized spacial score (nSPS) is 18.3. The van der Waals surface area contributed by atoms with Crippen LogP contribution in [0.4, 0.5) is 0 Å². The molecule has 1 amide bonds. The van der Waals surface area contributed by atoms with Gasteiger partial charge in [-0.2, -0.15) is 0 Å². The topological polar surface area (TPSA) is 84.2 Å². The van der Waals surface area contributed by atoms with Crippen molar-refractivity contribution < 1.29 is 24.3 Å². The highest BCUT2D eigenvalue weighted by atomic mass is 16.5. The molecular weight excluding hydrogens is 382 g/mol. The van der Waals surface area contributed by atoms with Crippen LogP contribution in [0.5, 0.6) is 5.75 Å². The minimum absolute atomic E-state index is 0.0904. The summed E-state index contributed by atoms with van der Waals surface area (Å²) in [5.41, 5.74) is 1.27. The van der Waals surface area contributed by atoms with Crippen molar-refractivity contribution in [2.75, 3.05) is 33.8 Å². The van der Waals surface area contributed by atoms with E-state index in [4.69, 9.17) is 4.74 Å². The molecule has 30 heavy (non-hydrogen) atoms. The highest BCUT2D eigenvalue weighted by Gasteiger charge is 2.46. The molecule has 2 heterocycles. The highest BCUT2D eigenvalue weighted by molar-refractivity contribution is 6.46. The number of benzene rings is 1. The van der Waals surface area contributed by atoms with E-state index in [1.165, 1.54) is 4.90 Å². The maximum Gasteiger partial charge on any atom is 0.295 e. The SMILES string of the molecule is CCCOc1cccc(C(O)=C2C(=O)C(=O)N(CC[NH+](C)C)[C@H]2c2ccncc2)c1. The van der Waals surface area contributed by atoms with Gasteiger partial charge in [0.1, 0.15) is 11.5 Å². The first kappa shape index (κ1) is 21.5. The predicted molar refractivity (Wildman–Crippen MR) is 113 cm³/mol. The third kappa shape index (κ3) is 4.52. The number of nitrogens with zero attached hydrogens (tertiary/aromatic N) is 2. The van der Waals surface area contributed by atoms with E-state index in [2.05, 4.69) is 4.98 Å². The number of pyridine rings is 1. The zero-order chi connectivity index (χ0) is 21.7. The van der Waals surface area contributed by atoms with Crippen LogP contribution in [0.3, 0.4) is 0 Å². The van der Waals surface area contributed by atoms with Crippen LogP contribution in [0.25, 0.3) is 5.76 Å². The number of Topliss-reactive ketones (excluding diaryl/α,β-unsaturated/α-hetero) is 1. The number of ether oxygens (including phenoxy) is 1. The summed E-state index contributed by atoms with van der Waals surface area (Å²) >= 11 is 0. The maximum absolute atomic E-state index is 13.0. The van der Waals surface area contributed by atoms with Crippen LogP contribution in [0, 0.1) is 0 Å². The molecule has 1 fully saturated rings. The van der Waals surface area contributed by atoms with Crippen molar-refractivity contribution >= 4 is 17.4 Å². The Kier molecular flexibility index (Phi) is 6.84. The van der Waals surface area contributed by atoms with Crippen LogP contribution in [-0.2, 0) is 9.59 Å². The fourth-order valence-corrected chi connectivity index (χ4v) is 3.46. The van der Waals surface area contributed by atoms with Gasteiger partial charge in [0.05, 0.1) is 45.4 Å². The second-order valence-electron chi connectivity index (χ2n) is 7.61. The van der Waals surface area contributed by atoms with Gasteiger partial charge < -0.3 is 19.6 Å². The van der Waals surface area contributed by atoms with Gasteiger partial charge in [-0.15, -0.1) is 0 Å². The summed E-state index contributed by atoms with van der Waals surface area (Å²) in [7, 11) is 3.97. The lowest BCUT2D eigenvalue weighted by molar-refractivity contribution is -0.857. The third-order valence-corrected chi connectivity index (χ3v) is 4.99. The minimum atomic E-state index is -0.678. The molecule has 3 rings (SSSR count). The molecule has 7 nitrogen and oxygen atoms in total. The van der Waals surface area contributed by atoms with Crippen molar-refractivity contribution in [2.45, 2.75) is 19.4 Å². The summed E-state index contributed by atoms with van der Waals surface area (Å²) in [6.07, 6.45) is 4.09. The molecular formula is C23H28N3O4+. The van der Waals surface area contributed by atoms with E-state index in [0.29, 0.717) is 31.0 Å². The second kappa shape index (κ2) is 9.54. The number of amides is 1. The van der Waals surface area contributed by atoms with Crippen LogP contribution < -0.4 is 9.64 Å². The lowest BCUT2D eigenvalue weighted by Gasteiger charge is -2.25. The number of aliphatic hydroxyl groups excluding tert-OH is 1. The molecule has 0 bridgehead atoms. The van der Waals surface area contributed by atoms with Gasteiger partial charge in [-0.3, -0.25) is 14.6 Å². The number of nitrogens with one attached hydrogen (secondary N) is 1. The Hall–Kier alpha value is -3.19. The van der Waals surface area contributed by atoms with Gasteiger partial charge >= 0.3 is 0 Å². The number of hydrogen-bond donors (Lipinski definition) is 2. The number of likely N-dealkylation sites (N-methyl/N-ethyl adjacent to an activating group) is 1. The Balaban J connectivity index is 2.07. The molecule has 2 N–H and O–H groups in total. The second-order valence-corrected chi connectivity index (χ2v) is 7.61. The van der Waals surface area contributed by atoms with Gasteiger partial charge in [0, 0.05) is 18.0 Å². The number of likely N-dealkylation sites (tertiary alicyclic amines) is 1. The fraction of sp³-hybridized carbons (Fsp3) is 0.348. The molecule has 1 atom stereocenters. The molecule has 7 heteroatoms. The molecule has 0 aliphatic carbocycles. The number of rotatable bonds is 8. The van der Waals surface area contributed by atoms with Crippen LogP contribution in [0.1, 0.15) is 30.5 Å². The molecule has 1 aromatic heterocycles. The van der Waals surface area contributed by atoms with Gasteiger partial charge in [0.25, 0.3) is 11.7 Å². The van der Waals surface area contributed by atoms with Gasteiger partial charge in [-0.05, 0) is 36.2 Å². The Morgan fingerprint density at radius 2 is 1.93 bits per heavy atom. The van der Waals surface area contributed by atoms with Crippen molar-refractivity contribution in [3.8, 4) is 5.75 Å². The number of quaternary nitrogens is 1. The molecule has 0 unspecified atom stereocenters. The van der Waals surface area contributed by atoms with E-state index in [9.17, 15) is 14.7 Å². The van der Waals surface area contributed by atoms with Crippen LogP contribution in [0.15, 0.2) is 54.4 Å². The van der Waals surface area contributed by atoms with E-state index in [-0.39, 0.29) is 11.3 Å². The summed E-state index contributed by atoms with van der Waals surface area (Å²) in [5, 5.41) is 11.1. The summed E-state index contributed by atoms with van der Waals surface area (Å²) in [6.45, 7) is 3.64. The Labute approximate surface area is 176 Å². The number of carbonyl (C=O) groups is 2. The lowest BCUT2D eigenvalue weighted by atomic mass is 9.96. The van der Waals surface area contributed by atoms with E-state index < -0.39 is 17.7 Å². The molecule has 1 aliphatic heterocycles. The van der Waals surface area contributed by atoms with E-state index in [0.717, 1.165) is 16.9 Å². The first-order chi connectivity index (χ1) is 14.4. The summed E-state index contributed by atoms with van der Waals surface area (Å²) < 4.78 is 5.65. The molecule has 2 aromatic rings. The van der Waals surface area contributed by atoms with E-state index in [1.54, 1.807) is 48.8 Å². The standard InChI is InChI=1S/C23H27N3O4/c1-4-14-30-18-7-5-6-17(15-18)21(27)19-20(16-8-10-24-11-9-16)26(13-12-25(2)3)23(29)22(19)28/h5-11,15,20,27H,4,12-14H2,1-3H3/p+1/t20-/m0/s1. The quantitative estimate of drug-likeness (QED) is 0.391. The monoisotopic (exact) mass is 410 g/mol. The fourth-order valence-electron chi connectivity index (χ4n) is 3.46. The first-order valence-corrected chi connectivity index (χ1v) is 10.1. The Morgan fingerprint density at radius 3 is 2.60 bits per heavy atom. The molecule has 1 aromatic carbocycles. The minimum Gasteiger partial charge on any atom is -0.507 e. The Bertz CT molecular complexity index is 940. The van der Waals surface area contributed by atoms with E-state index >= 15 is 0 Å². The van der Waals surface area contributed by atoms with Crippen molar-refractivity contribution in [1.29, 1.82) is 0 Å². The number of aromatic nitrogens is 1. The number of ketones is 1. The van der Waals surface area contributed by atoms with Gasteiger partial charge in [-0.1, -0.05) is 19.1 Å². The summed E-state index contributed by atoms with van der Waals surface area (Å²) in [6, 6.07) is 9.81. The zero-order valence-corrected chi connectivity index (χ0v) is 17.6. The van der Waals surface area contributed by atoms with Crippen molar-refractivity contribution in [3.63, 3.8) is 0 Å². The molecule has 0 radical (unpaired) electrons. The number of carbonyl (C=O) groups excluding carboxylic acids is 2. The molecule has 0 saturated carbocycles. The van der Waals surface area contributed by atoms with Gasteiger partial charge in [0.15, 0.2) is 0 Å². The Morgan fingerprint density at radius 1 is 1.20 bits per heavy atom. The smallest absolute Gasteiger partial charge is 0.295 e.